The molecule has 1 aliphatic carbocycles. The Bertz CT molecular complexity index is 589. The minimum Gasteiger partial charge on any atom is -0.497 e. The number of nitrogens with two attached hydrogens (primary N) is 1. The van der Waals surface area contributed by atoms with E-state index in [1.54, 1.807) is 13.2 Å². The highest BCUT2D eigenvalue weighted by atomic mass is 16.5. The smallest absolute Gasteiger partial charge is 0.260 e. The summed E-state index contributed by atoms with van der Waals surface area (Å²) < 4.78 is 10.6. The zero-order chi connectivity index (χ0) is 13.9. The molecule has 2 aromatic rings. The maximum absolute atomic E-state index is 5.98. The third kappa shape index (κ3) is 2.48. The van der Waals surface area contributed by atoms with Crippen molar-refractivity contribution in [1.82, 2.24) is 10.1 Å². The van der Waals surface area contributed by atoms with Crippen LogP contribution < -0.4 is 10.5 Å². The van der Waals surface area contributed by atoms with E-state index < -0.39 is 0 Å². The van der Waals surface area contributed by atoms with E-state index in [-0.39, 0.29) is 0 Å². The van der Waals surface area contributed by atoms with Gasteiger partial charge in [0.05, 0.1) is 12.7 Å². The van der Waals surface area contributed by atoms with Crippen LogP contribution in [0.4, 0.5) is 5.69 Å². The summed E-state index contributed by atoms with van der Waals surface area (Å²) in [6, 6.07) is 5.43. The van der Waals surface area contributed by atoms with Crippen molar-refractivity contribution in [3.05, 3.63) is 24.0 Å². The predicted molar refractivity (Wildman–Crippen MR) is 76.5 cm³/mol. The molecule has 5 heteroatoms. The topological polar surface area (TPSA) is 74.2 Å². The molecular weight excluding hydrogens is 254 g/mol. The van der Waals surface area contributed by atoms with Crippen molar-refractivity contribution >= 4 is 5.69 Å². The molecule has 2 N–H and O–H groups in total. The average molecular weight is 273 g/mol. The molecule has 1 aliphatic rings. The third-order valence-electron chi connectivity index (χ3n) is 3.90. The van der Waals surface area contributed by atoms with Crippen LogP contribution in [0, 0.1) is 0 Å². The first-order chi connectivity index (χ1) is 9.78. The summed E-state index contributed by atoms with van der Waals surface area (Å²) in [5, 5.41) is 4.13. The molecule has 0 spiro atoms. The van der Waals surface area contributed by atoms with Gasteiger partial charge in [-0.3, -0.25) is 0 Å². The first kappa shape index (κ1) is 13.0. The molecule has 5 nitrogen and oxygen atoms in total. The number of aromatic nitrogens is 2. The van der Waals surface area contributed by atoms with Crippen molar-refractivity contribution in [3.63, 3.8) is 0 Å². The molecule has 3 rings (SSSR count). The van der Waals surface area contributed by atoms with Gasteiger partial charge < -0.3 is 15.0 Å². The van der Waals surface area contributed by atoms with Gasteiger partial charge in [-0.2, -0.15) is 4.98 Å². The van der Waals surface area contributed by atoms with Gasteiger partial charge in [-0.15, -0.1) is 0 Å². The van der Waals surface area contributed by atoms with Gasteiger partial charge in [-0.25, -0.2) is 0 Å². The first-order valence-electron chi connectivity index (χ1n) is 7.05. The van der Waals surface area contributed by atoms with Crippen LogP contribution in [0.3, 0.4) is 0 Å². The molecule has 106 valence electrons. The number of hydrogen-bond acceptors (Lipinski definition) is 5. The van der Waals surface area contributed by atoms with Crippen molar-refractivity contribution in [1.29, 1.82) is 0 Å². The van der Waals surface area contributed by atoms with E-state index in [4.69, 9.17) is 15.0 Å². The van der Waals surface area contributed by atoms with Crippen LogP contribution in [0.15, 0.2) is 22.7 Å². The summed E-state index contributed by atoms with van der Waals surface area (Å²) in [5.41, 5.74) is 7.33. The number of rotatable bonds is 3. The highest BCUT2D eigenvalue weighted by Crippen LogP contribution is 2.33. The van der Waals surface area contributed by atoms with Crippen LogP contribution in [-0.2, 0) is 0 Å². The third-order valence-corrected chi connectivity index (χ3v) is 3.90. The predicted octanol–water partition coefficient (Wildman–Crippen LogP) is 3.38. The summed E-state index contributed by atoms with van der Waals surface area (Å²) in [6.07, 6.45) is 6.09. The fourth-order valence-corrected chi connectivity index (χ4v) is 2.72. The van der Waals surface area contributed by atoms with E-state index in [1.165, 1.54) is 19.3 Å². The Morgan fingerprint density at radius 1 is 1.25 bits per heavy atom. The Labute approximate surface area is 118 Å². The van der Waals surface area contributed by atoms with Gasteiger partial charge >= 0.3 is 0 Å². The van der Waals surface area contributed by atoms with E-state index in [0.717, 1.165) is 30.0 Å². The van der Waals surface area contributed by atoms with Crippen molar-refractivity contribution in [2.75, 3.05) is 12.8 Å². The lowest BCUT2D eigenvalue weighted by Crippen LogP contribution is -2.06. The molecule has 1 aromatic heterocycles. The standard InChI is InChI=1S/C15H19N3O2/c1-19-11-7-8-13(16)12(9-11)15-17-14(18-20-15)10-5-3-2-4-6-10/h7-10H,2-6,16H2,1H3. The van der Waals surface area contributed by atoms with Gasteiger partial charge in [0.25, 0.3) is 5.89 Å². The second-order valence-electron chi connectivity index (χ2n) is 5.25. The fraction of sp³-hybridized carbons (Fsp3) is 0.467. The van der Waals surface area contributed by atoms with Crippen LogP contribution >= 0.6 is 0 Å². The fourth-order valence-electron chi connectivity index (χ4n) is 2.72. The molecule has 1 aromatic carbocycles. The number of hydrogen-bond donors (Lipinski definition) is 1. The van der Waals surface area contributed by atoms with Crippen LogP contribution in [0.2, 0.25) is 0 Å². The Balaban J connectivity index is 1.89. The highest BCUT2D eigenvalue weighted by Gasteiger charge is 2.22. The summed E-state index contributed by atoms with van der Waals surface area (Å²) in [5.74, 6) is 2.43. The van der Waals surface area contributed by atoms with E-state index >= 15 is 0 Å². The molecule has 0 radical (unpaired) electrons. The molecule has 20 heavy (non-hydrogen) atoms. The summed E-state index contributed by atoms with van der Waals surface area (Å²) in [6.45, 7) is 0. The number of methoxy groups -OCH3 is 1. The minimum atomic E-state index is 0.424. The lowest BCUT2D eigenvalue weighted by Gasteiger charge is -2.17. The average Bonchev–Trinajstić information content (AvgIpc) is 2.98. The quantitative estimate of drug-likeness (QED) is 0.868. The summed E-state index contributed by atoms with van der Waals surface area (Å²) in [7, 11) is 1.62. The summed E-state index contributed by atoms with van der Waals surface area (Å²) in [4.78, 5) is 4.53. The zero-order valence-electron chi connectivity index (χ0n) is 11.6. The Kier molecular flexibility index (Phi) is 3.58. The molecule has 0 atom stereocenters. The Hall–Kier alpha value is -2.04. The lowest BCUT2D eigenvalue weighted by molar-refractivity contribution is 0.385. The van der Waals surface area contributed by atoms with Crippen molar-refractivity contribution in [2.45, 2.75) is 38.0 Å². The van der Waals surface area contributed by atoms with Crippen LogP contribution in [-0.4, -0.2) is 17.3 Å². The maximum atomic E-state index is 5.98. The van der Waals surface area contributed by atoms with Crippen LogP contribution in [0.1, 0.15) is 43.8 Å². The highest BCUT2D eigenvalue weighted by molar-refractivity contribution is 5.72. The number of nitrogen functional groups attached to an aromatic ring is 1. The van der Waals surface area contributed by atoms with Crippen LogP contribution in [0.25, 0.3) is 11.5 Å². The van der Waals surface area contributed by atoms with Crippen molar-refractivity contribution in [3.8, 4) is 17.2 Å². The SMILES string of the molecule is COc1ccc(N)c(-c2nc(C3CCCCC3)no2)c1. The van der Waals surface area contributed by atoms with Gasteiger partial charge in [0.1, 0.15) is 5.75 Å². The van der Waals surface area contributed by atoms with Crippen LogP contribution in [0.5, 0.6) is 5.75 Å². The Morgan fingerprint density at radius 3 is 2.80 bits per heavy atom. The molecule has 0 bridgehead atoms. The van der Waals surface area contributed by atoms with E-state index in [9.17, 15) is 0 Å². The molecule has 1 saturated carbocycles. The normalized spacial score (nSPS) is 16.2. The van der Waals surface area contributed by atoms with Crippen molar-refractivity contribution < 1.29 is 9.26 Å². The Morgan fingerprint density at radius 2 is 2.05 bits per heavy atom. The first-order valence-corrected chi connectivity index (χ1v) is 7.05. The van der Waals surface area contributed by atoms with Gasteiger partial charge in [-0.1, -0.05) is 24.4 Å². The zero-order valence-corrected chi connectivity index (χ0v) is 11.6. The number of benzene rings is 1. The molecule has 0 saturated heterocycles. The second-order valence-corrected chi connectivity index (χ2v) is 5.25. The number of anilines is 1. The second kappa shape index (κ2) is 5.53. The van der Waals surface area contributed by atoms with Gasteiger partial charge in [0, 0.05) is 11.6 Å². The van der Waals surface area contributed by atoms with Gasteiger partial charge in [0.2, 0.25) is 0 Å². The molecular formula is C15H19N3O2. The molecule has 0 amide bonds. The van der Waals surface area contributed by atoms with Gasteiger partial charge in [-0.05, 0) is 31.0 Å². The number of nitrogens with zero attached hydrogens (tertiary/aromatic N) is 2. The lowest BCUT2D eigenvalue weighted by atomic mass is 9.89. The molecule has 0 unspecified atom stereocenters. The van der Waals surface area contributed by atoms with E-state index in [1.807, 2.05) is 12.1 Å². The number of ether oxygens (including phenoxy) is 1. The molecule has 1 fully saturated rings. The molecule has 1 heterocycles. The van der Waals surface area contributed by atoms with E-state index in [2.05, 4.69) is 10.1 Å². The van der Waals surface area contributed by atoms with Crippen molar-refractivity contribution in [2.24, 2.45) is 0 Å². The maximum Gasteiger partial charge on any atom is 0.260 e. The largest absolute Gasteiger partial charge is 0.497 e. The monoisotopic (exact) mass is 273 g/mol. The van der Waals surface area contributed by atoms with Gasteiger partial charge in [0.15, 0.2) is 5.82 Å². The summed E-state index contributed by atoms with van der Waals surface area (Å²) >= 11 is 0. The molecule has 0 aliphatic heterocycles. The minimum absolute atomic E-state index is 0.424. The van der Waals surface area contributed by atoms with E-state index in [0.29, 0.717) is 17.5 Å².